The van der Waals surface area contributed by atoms with Crippen LogP contribution in [0.1, 0.15) is 69.1 Å². The first-order valence-corrected chi connectivity index (χ1v) is 19.2. The molecule has 0 saturated carbocycles. The van der Waals surface area contributed by atoms with Gasteiger partial charge in [0, 0.05) is 73.9 Å². The summed E-state index contributed by atoms with van der Waals surface area (Å²) >= 11 is 13.8. The third-order valence-electron chi connectivity index (χ3n) is 10.4. The average Bonchev–Trinajstić information content (AvgIpc) is 3.55. The molecule has 2 aromatic heterocycles. The highest BCUT2D eigenvalue weighted by atomic mass is 35.5. The summed E-state index contributed by atoms with van der Waals surface area (Å²) in [5.74, 6) is 0.0170. The van der Waals surface area contributed by atoms with Crippen LogP contribution in [0.3, 0.4) is 0 Å². The van der Waals surface area contributed by atoms with Gasteiger partial charge >= 0.3 is 5.97 Å². The van der Waals surface area contributed by atoms with Gasteiger partial charge in [0.15, 0.2) is 5.82 Å². The van der Waals surface area contributed by atoms with Crippen molar-refractivity contribution in [3.05, 3.63) is 122 Å². The van der Waals surface area contributed by atoms with Crippen LogP contribution < -0.4 is 20.1 Å². The van der Waals surface area contributed by atoms with Gasteiger partial charge in [-0.1, -0.05) is 60.0 Å². The molecule has 12 nitrogen and oxygen atoms in total. The molecule has 5 aromatic rings. The van der Waals surface area contributed by atoms with Crippen LogP contribution in [0.2, 0.25) is 10.0 Å². The van der Waals surface area contributed by atoms with Gasteiger partial charge in [-0.2, -0.15) is 5.26 Å². The molecule has 1 fully saturated rings. The number of imidazole rings is 1. The smallest absolute Gasteiger partial charge is 0.320 e. The Morgan fingerprint density at radius 3 is 2.64 bits per heavy atom. The fourth-order valence-electron chi connectivity index (χ4n) is 7.37. The van der Waals surface area contributed by atoms with E-state index in [9.17, 15) is 20.0 Å². The minimum atomic E-state index is -0.853. The summed E-state index contributed by atoms with van der Waals surface area (Å²) < 4.78 is 14.5. The molecule has 288 valence electrons. The molecule has 0 bridgehead atoms. The third-order valence-corrected chi connectivity index (χ3v) is 11.1. The van der Waals surface area contributed by atoms with E-state index in [0.717, 1.165) is 65.0 Å². The minimum absolute atomic E-state index is 0.127. The predicted octanol–water partition coefficient (Wildman–Crippen LogP) is 7.46. The molecule has 3 aromatic carbocycles. The molecular weight excluding hydrogens is 753 g/mol. The molecule has 56 heavy (non-hydrogen) atoms. The number of carbonyl (C=O) groups excluding carboxylic acids is 1. The number of likely N-dealkylation sites (tertiary alicyclic amines) is 1. The van der Waals surface area contributed by atoms with Gasteiger partial charge in [0.1, 0.15) is 36.8 Å². The zero-order valence-corrected chi connectivity index (χ0v) is 32.6. The summed E-state index contributed by atoms with van der Waals surface area (Å²) in [7, 11) is 1.86. The molecule has 1 saturated heterocycles. The Balaban J connectivity index is 1.12. The standard InChI is InChI=1S/C42H41Cl2N7O5/c1-25-28(7-5-8-30(25)31-9-6-10-33(39(31)44)49-41(52)40-48-34-21-46-13-12-35(34)50(40)2)24-56-38-17-37(55-23-27-15-26(18-45)19-47-20-27)29(16-32(38)43)22-51-14-4-3-11-36(51)42(53)54/h5-10,15-17,19-20,36,46H,3-4,11-14,21-24H2,1-2H3,(H,49,52)(H,53,54). The molecular formula is C42H41Cl2N7O5. The third kappa shape index (κ3) is 8.37. The largest absolute Gasteiger partial charge is 0.488 e. The first kappa shape index (κ1) is 38.8. The molecule has 1 unspecified atom stereocenters. The number of rotatable bonds is 12. The van der Waals surface area contributed by atoms with E-state index in [1.807, 2.05) is 53.8 Å². The monoisotopic (exact) mass is 793 g/mol. The van der Waals surface area contributed by atoms with Crippen LogP contribution in [0, 0.1) is 18.3 Å². The fourth-order valence-corrected chi connectivity index (χ4v) is 7.89. The Hall–Kier alpha value is -5.45. The van der Waals surface area contributed by atoms with E-state index in [2.05, 4.69) is 26.7 Å². The quantitative estimate of drug-likeness (QED) is 0.116. The zero-order valence-electron chi connectivity index (χ0n) is 31.1. The first-order chi connectivity index (χ1) is 27.1. The Bertz CT molecular complexity index is 2340. The predicted molar refractivity (Wildman–Crippen MR) is 213 cm³/mol. The first-order valence-electron chi connectivity index (χ1n) is 18.4. The number of pyridine rings is 1. The van der Waals surface area contributed by atoms with Crippen LogP contribution in [0.5, 0.6) is 11.5 Å². The number of piperidine rings is 1. The Morgan fingerprint density at radius 2 is 1.84 bits per heavy atom. The number of aromatic nitrogens is 3. The van der Waals surface area contributed by atoms with Gasteiger partial charge in [-0.15, -0.1) is 0 Å². The van der Waals surface area contributed by atoms with Crippen molar-refractivity contribution < 1.29 is 24.2 Å². The number of halogens is 2. The van der Waals surface area contributed by atoms with Gasteiger partial charge in [-0.05, 0) is 61.2 Å². The number of ether oxygens (including phenoxy) is 2. The normalized spacial score (nSPS) is 15.4. The van der Waals surface area contributed by atoms with Crippen molar-refractivity contribution in [3.63, 3.8) is 0 Å². The molecule has 0 radical (unpaired) electrons. The summed E-state index contributed by atoms with van der Waals surface area (Å²) in [6.45, 7) is 4.72. The molecule has 0 aliphatic carbocycles. The second-order valence-corrected chi connectivity index (χ2v) is 14.8. The van der Waals surface area contributed by atoms with Crippen molar-refractivity contribution in [3.8, 4) is 28.7 Å². The number of benzene rings is 3. The van der Waals surface area contributed by atoms with Gasteiger partial charge < -0.3 is 29.8 Å². The van der Waals surface area contributed by atoms with Crippen LogP contribution in [-0.2, 0) is 44.6 Å². The number of hydrogen-bond donors (Lipinski definition) is 3. The van der Waals surface area contributed by atoms with Crippen LogP contribution in [0.4, 0.5) is 5.69 Å². The fraction of sp³-hybridized carbons (Fsp3) is 0.310. The Labute approximate surface area is 335 Å². The number of anilines is 1. The number of aliphatic carboxylic acids is 1. The molecule has 14 heteroatoms. The van der Waals surface area contributed by atoms with Crippen molar-refractivity contribution in [2.24, 2.45) is 7.05 Å². The summed E-state index contributed by atoms with van der Waals surface area (Å²) in [5, 5.41) is 26.3. The lowest BCUT2D eigenvalue weighted by Crippen LogP contribution is -2.44. The average molecular weight is 795 g/mol. The number of nitriles is 1. The number of carbonyl (C=O) groups is 2. The van der Waals surface area contributed by atoms with Crippen LogP contribution in [0.25, 0.3) is 11.1 Å². The lowest BCUT2D eigenvalue weighted by molar-refractivity contribution is -0.144. The van der Waals surface area contributed by atoms with Crippen molar-refractivity contribution in [2.45, 2.75) is 65.0 Å². The van der Waals surface area contributed by atoms with E-state index in [4.69, 9.17) is 32.7 Å². The van der Waals surface area contributed by atoms with Gasteiger partial charge in [0.05, 0.1) is 27.0 Å². The summed E-state index contributed by atoms with van der Waals surface area (Å²) in [5.41, 5.74) is 7.69. The molecule has 7 rings (SSSR count). The summed E-state index contributed by atoms with van der Waals surface area (Å²) in [4.78, 5) is 36.1. The van der Waals surface area contributed by atoms with Crippen LogP contribution >= 0.6 is 23.2 Å². The SMILES string of the molecule is Cc1c(COc2cc(OCc3cncc(C#N)c3)c(CN3CCCCC3C(=O)O)cc2Cl)cccc1-c1cccc(NC(=O)c2nc3c(n2C)CCNC3)c1Cl. The summed E-state index contributed by atoms with van der Waals surface area (Å²) in [6.07, 6.45) is 6.24. The Kier molecular flexibility index (Phi) is 11.9. The van der Waals surface area contributed by atoms with Crippen molar-refractivity contribution in [2.75, 3.05) is 18.4 Å². The molecule has 1 atom stereocenters. The Morgan fingerprint density at radius 1 is 1.04 bits per heavy atom. The second-order valence-electron chi connectivity index (χ2n) is 14.0. The van der Waals surface area contributed by atoms with Crippen molar-refractivity contribution >= 4 is 40.8 Å². The maximum atomic E-state index is 13.4. The molecule has 0 spiro atoms. The van der Waals surface area contributed by atoms with Gasteiger partial charge in [-0.25, -0.2) is 4.98 Å². The van der Waals surface area contributed by atoms with Crippen LogP contribution in [-0.4, -0.2) is 55.5 Å². The highest BCUT2D eigenvalue weighted by molar-refractivity contribution is 6.36. The molecule has 2 aliphatic heterocycles. The number of carboxylic acid groups (broad SMARTS) is 1. The van der Waals surface area contributed by atoms with E-state index >= 15 is 0 Å². The highest BCUT2D eigenvalue weighted by Crippen LogP contribution is 2.39. The van der Waals surface area contributed by atoms with Gasteiger partial charge in [0.2, 0.25) is 0 Å². The second kappa shape index (κ2) is 17.1. The number of nitrogens with zero attached hydrogens (tertiary/aromatic N) is 5. The molecule has 4 heterocycles. The maximum absolute atomic E-state index is 13.4. The van der Waals surface area contributed by atoms with Gasteiger partial charge in [0.25, 0.3) is 5.91 Å². The van der Waals surface area contributed by atoms with Crippen molar-refractivity contribution in [1.82, 2.24) is 24.8 Å². The lowest BCUT2D eigenvalue weighted by Gasteiger charge is -2.33. The number of amides is 1. The molecule has 1 amide bonds. The van der Waals surface area contributed by atoms with E-state index in [0.29, 0.717) is 70.2 Å². The maximum Gasteiger partial charge on any atom is 0.320 e. The van der Waals surface area contributed by atoms with E-state index in [-0.39, 0.29) is 19.1 Å². The van der Waals surface area contributed by atoms with E-state index in [1.165, 1.54) is 6.20 Å². The molecule has 2 aliphatic rings. The lowest BCUT2D eigenvalue weighted by atomic mass is 9.96. The number of hydrogen-bond acceptors (Lipinski definition) is 9. The minimum Gasteiger partial charge on any atom is -0.488 e. The number of carboxylic acids is 1. The van der Waals surface area contributed by atoms with E-state index < -0.39 is 12.0 Å². The highest BCUT2D eigenvalue weighted by Gasteiger charge is 2.30. The van der Waals surface area contributed by atoms with Crippen LogP contribution in [0.15, 0.2) is 67.0 Å². The topological polar surface area (TPSA) is 155 Å². The number of nitrogens with one attached hydrogen (secondary N) is 2. The van der Waals surface area contributed by atoms with Crippen molar-refractivity contribution in [1.29, 1.82) is 5.26 Å². The zero-order chi connectivity index (χ0) is 39.3. The van der Waals surface area contributed by atoms with E-state index in [1.54, 1.807) is 30.5 Å². The van der Waals surface area contributed by atoms with Gasteiger partial charge in [-0.3, -0.25) is 19.5 Å². The number of fused-ring (bicyclic) bond motifs is 1. The molecule has 3 N–H and O–H groups in total. The summed E-state index contributed by atoms with van der Waals surface area (Å²) in [6, 6.07) is 18.1.